The lowest BCUT2D eigenvalue weighted by Gasteiger charge is -2.20. The Labute approximate surface area is 111 Å². The van der Waals surface area contributed by atoms with Crippen LogP contribution in [-0.4, -0.2) is 23.9 Å². The molecule has 17 heavy (non-hydrogen) atoms. The van der Waals surface area contributed by atoms with Gasteiger partial charge in [0.25, 0.3) is 0 Å². The number of pyridine rings is 1. The van der Waals surface area contributed by atoms with E-state index in [0.29, 0.717) is 28.8 Å². The Bertz CT molecular complexity index is 416. The second kappa shape index (κ2) is 5.23. The molecule has 1 unspecified atom stereocenters. The van der Waals surface area contributed by atoms with Gasteiger partial charge in [0.05, 0.1) is 15.7 Å². The molecule has 1 atom stereocenters. The van der Waals surface area contributed by atoms with Crippen LogP contribution >= 0.6 is 23.2 Å². The van der Waals surface area contributed by atoms with Crippen molar-refractivity contribution in [3.63, 3.8) is 0 Å². The number of ketones is 1. The number of carbonyl (C=O) groups is 1. The fourth-order valence-electron chi connectivity index (χ4n) is 2.22. The van der Waals surface area contributed by atoms with Gasteiger partial charge in [-0.1, -0.05) is 30.1 Å². The van der Waals surface area contributed by atoms with Crippen molar-refractivity contribution in [1.29, 1.82) is 0 Å². The highest BCUT2D eigenvalue weighted by molar-refractivity contribution is 6.38. The molecule has 1 aromatic heterocycles. The molecule has 1 aliphatic heterocycles. The summed E-state index contributed by atoms with van der Waals surface area (Å²) in [6.45, 7) is 3.42. The van der Waals surface area contributed by atoms with Gasteiger partial charge in [-0.25, -0.2) is 0 Å². The summed E-state index contributed by atoms with van der Waals surface area (Å²) in [5.74, 6) is 0.425. The number of halogens is 2. The van der Waals surface area contributed by atoms with E-state index in [-0.39, 0.29) is 5.92 Å². The third kappa shape index (κ3) is 2.55. The maximum absolute atomic E-state index is 11.7. The van der Waals surface area contributed by atoms with Crippen LogP contribution in [0.4, 0.5) is 5.69 Å². The van der Waals surface area contributed by atoms with Crippen molar-refractivity contribution in [1.82, 2.24) is 4.98 Å². The first-order chi connectivity index (χ1) is 8.13. The molecular weight excluding hydrogens is 259 g/mol. The molecule has 0 bridgehead atoms. The van der Waals surface area contributed by atoms with Gasteiger partial charge >= 0.3 is 0 Å². The predicted octanol–water partition coefficient (Wildman–Crippen LogP) is 3.19. The third-order valence-corrected chi connectivity index (χ3v) is 3.69. The van der Waals surface area contributed by atoms with Gasteiger partial charge in [0.2, 0.25) is 0 Å². The highest BCUT2D eigenvalue weighted by atomic mass is 35.5. The van der Waals surface area contributed by atoms with Crippen LogP contribution in [0.25, 0.3) is 0 Å². The molecule has 5 heteroatoms. The van der Waals surface area contributed by atoms with Crippen molar-refractivity contribution in [2.45, 2.75) is 19.8 Å². The summed E-state index contributed by atoms with van der Waals surface area (Å²) in [5, 5.41) is 1.09. The fourth-order valence-corrected chi connectivity index (χ4v) is 2.83. The Morgan fingerprint density at radius 2 is 2.12 bits per heavy atom. The zero-order valence-electron chi connectivity index (χ0n) is 9.62. The number of carbonyl (C=O) groups excluding carboxylic acids is 1. The van der Waals surface area contributed by atoms with Crippen LogP contribution in [0.2, 0.25) is 10.0 Å². The Kier molecular flexibility index (Phi) is 3.89. The maximum atomic E-state index is 11.7. The molecule has 1 fully saturated rings. The number of nitrogens with zero attached hydrogens (tertiary/aromatic N) is 2. The van der Waals surface area contributed by atoms with Gasteiger partial charge in [-0.05, 0) is 6.42 Å². The van der Waals surface area contributed by atoms with Crippen LogP contribution in [0.15, 0.2) is 12.4 Å². The lowest BCUT2D eigenvalue weighted by molar-refractivity contribution is -0.121. The molecule has 0 radical (unpaired) electrons. The highest BCUT2D eigenvalue weighted by Gasteiger charge is 2.29. The van der Waals surface area contributed by atoms with Gasteiger partial charge in [-0.15, -0.1) is 0 Å². The summed E-state index contributed by atoms with van der Waals surface area (Å²) < 4.78 is 0. The first-order valence-electron chi connectivity index (χ1n) is 5.70. The number of rotatable bonds is 3. The van der Waals surface area contributed by atoms with E-state index in [4.69, 9.17) is 23.2 Å². The zero-order valence-corrected chi connectivity index (χ0v) is 11.1. The molecule has 0 saturated carbocycles. The number of Topliss-reactive ketones (excluding diaryl/α,β-unsaturated/α-hetero) is 1. The summed E-state index contributed by atoms with van der Waals surface area (Å²) in [5.41, 5.74) is 0.801. The fraction of sp³-hybridized carbons (Fsp3) is 0.500. The summed E-state index contributed by atoms with van der Waals surface area (Å²) in [6, 6.07) is 0. The lowest BCUT2D eigenvalue weighted by Crippen LogP contribution is -2.23. The molecular formula is C12H14Cl2N2O. The second-order valence-corrected chi connectivity index (χ2v) is 5.02. The van der Waals surface area contributed by atoms with Crippen LogP contribution < -0.4 is 4.90 Å². The lowest BCUT2D eigenvalue weighted by atomic mass is 10.0. The first-order valence-corrected chi connectivity index (χ1v) is 6.45. The van der Waals surface area contributed by atoms with Crippen LogP contribution in [0, 0.1) is 5.92 Å². The Morgan fingerprint density at radius 3 is 2.71 bits per heavy atom. The van der Waals surface area contributed by atoms with Crippen LogP contribution in [0.3, 0.4) is 0 Å². The molecule has 0 amide bonds. The summed E-state index contributed by atoms with van der Waals surface area (Å²) >= 11 is 12.2. The number of hydrogen-bond donors (Lipinski definition) is 0. The Balaban J connectivity index is 2.18. The van der Waals surface area contributed by atoms with Crippen molar-refractivity contribution in [3.8, 4) is 0 Å². The van der Waals surface area contributed by atoms with Crippen LogP contribution in [0.5, 0.6) is 0 Å². The van der Waals surface area contributed by atoms with E-state index in [9.17, 15) is 4.79 Å². The average molecular weight is 273 g/mol. The largest absolute Gasteiger partial charge is 0.368 e. The van der Waals surface area contributed by atoms with Crippen molar-refractivity contribution in [3.05, 3.63) is 22.4 Å². The molecule has 0 spiro atoms. The van der Waals surface area contributed by atoms with Gasteiger partial charge < -0.3 is 4.90 Å². The molecule has 0 N–H and O–H groups in total. The van der Waals surface area contributed by atoms with Gasteiger partial charge in [-0.2, -0.15) is 0 Å². The molecule has 1 aromatic rings. The standard InChI is InChI=1S/C12H14Cl2N2O/c1-2-11(17)8-3-4-16(7-8)12-9(13)5-15-6-10(12)14/h5-6,8H,2-4,7H2,1H3. The molecule has 1 aliphatic rings. The molecule has 0 aromatic carbocycles. The quantitative estimate of drug-likeness (QED) is 0.848. The average Bonchev–Trinajstić information content (AvgIpc) is 2.77. The van der Waals surface area contributed by atoms with Gasteiger partial charge in [-0.3, -0.25) is 9.78 Å². The number of aromatic nitrogens is 1. The van der Waals surface area contributed by atoms with Crippen molar-refractivity contribution >= 4 is 34.7 Å². The maximum Gasteiger partial charge on any atom is 0.137 e. The monoisotopic (exact) mass is 272 g/mol. The minimum absolute atomic E-state index is 0.111. The van der Waals surface area contributed by atoms with E-state index in [2.05, 4.69) is 9.88 Å². The second-order valence-electron chi connectivity index (χ2n) is 4.20. The summed E-state index contributed by atoms with van der Waals surface area (Å²) in [6.07, 6.45) is 4.63. The Hall–Kier alpha value is -0.800. The van der Waals surface area contributed by atoms with E-state index in [1.54, 1.807) is 12.4 Å². The molecule has 0 aliphatic carbocycles. The topological polar surface area (TPSA) is 33.2 Å². The minimum atomic E-state index is 0.111. The normalized spacial score (nSPS) is 19.7. The summed E-state index contributed by atoms with van der Waals surface area (Å²) in [4.78, 5) is 17.7. The smallest absolute Gasteiger partial charge is 0.137 e. The molecule has 2 rings (SSSR count). The van der Waals surface area contributed by atoms with Gasteiger partial charge in [0.15, 0.2) is 0 Å². The Morgan fingerprint density at radius 1 is 1.47 bits per heavy atom. The molecule has 92 valence electrons. The minimum Gasteiger partial charge on any atom is -0.368 e. The highest BCUT2D eigenvalue weighted by Crippen LogP contribution is 2.35. The predicted molar refractivity (Wildman–Crippen MR) is 69.9 cm³/mol. The molecule has 3 nitrogen and oxygen atoms in total. The SMILES string of the molecule is CCC(=O)C1CCN(c2c(Cl)cncc2Cl)C1. The number of hydrogen-bond acceptors (Lipinski definition) is 3. The summed E-state index contributed by atoms with van der Waals surface area (Å²) in [7, 11) is 0. The molecule has 2 heterocycles. The van der Waals surface area contributed by atoms with Gasteiger partial charge in [0.1, 0.15) is 5.78 Å². The van der Waals surface area contributed by atoms with E-state index in [1.165, 1.54) is 0 Å². The van der Waals surface area contributed by atoms with E-state index in [1.807, 2.05) is 6.92 Å². The van der Waals surface area contributed by atoms with E-state index >= 15 is 0 Å². The first kappa shape index (κ1) is 12.7. The van der Waals surface area contributed by atoms with Crippen LogP contribution in [0.1, 0.15) is 19.8 Å². The van der Waals surface area contributed by atoms with Crippen molar-refractivity contribution in [2.75, 3.05) is 18.0 Å². The molecule has 1 saturated heterocycles. The number of anilines is 1. The van der Waals surface area contributed by atoms with Gasteiger partial charge in [0, 0.05) is 37.8 Å². The van der Waals surface area contributed by atoms with Crippen molar-refractivity contribution in [2.24, 2.45) is 5.92 Å². The van der Waals surface area contributed by atoms with E-state index in [0.717, 1.165) is 18.7 Å². The third-order valence-electron chi connectivity index (χ3n) is 3.14. The zero-order chi connectivity index (χ0) is 12.4. The van der Waals surface area contributed by atoms with Crippen LogP contribution in [-0.2, 0) is 4.79 Å². The van der Waals surface area contributed by atoms with Crippen molar-refractivity contribution < 1.29 is 4.79 Å². The van der Waals surface area contributed by atoms with E-state index < -0.39 is 0 Å².